The van der Waals surface area contributed by atoms with Crippen molar-refractivity contribution in [2.24, 2.45) is 0 Å². The predicted octanol–water partition coefficient (Wildman–Crippen LogP) is 6.77. The van der Waals surface area contributed by atoms with Crippen molar-refractivity contribution < 1.29 is 43.5 Å². The van der Waals surface area contributed by atoms with Crippen LogP contribution in [0.3, 0.4) is 0 Å². The third-order valence-electron chi connectivity index (χ3n) is 6.22. The minimum absolute atomic E-state index is 0. The van der Waals surface area contributed by atoms with Crippen LogP contribution in [0.15, 0.2) is 12.7 Å². The Kier molecular flexibility index (Phi) is 16.6. The summed E-state index contributed by atoms with van der Waals surface area (Å²) in [4.78, 5) is 8.78. The van der Waals surface area contributed by atoms with Crippen LogP contribution in [0.25, 0.3) is 0 Å². The fourth-order valence-corrected chi connectivity index (χ4v) is 9.71. The summed E-state index contributed by atoms with van der Waals surface area (Å²) >= 11 is 0. The molecule has 0 amide bonds. The van der Waals surface area contributed by atoms with Crippen molar-refractivity contribution in [2.45, 2.75) is 119 Å². The van der Waals surface area contributed by atoms with Crippen LogP contribution < -0.4 is 5.11 Å². The van der Waals surface area contributed by atoms with Crippen LogP contribution >= 0.6 is 7.92 Å². The van der Waals surface area contributed by atoms with E-state index in [1.165, 1.54) is 42.3 Å². The number of carboxylic acid groups (broad SMARTS) is 1. The van der Waals surface area contributed by atoms with Gasteiger partial charge in [0, 0.05) is 0 Å². The normalized spacial score (nSPS) is 21.3. The first kappa shape index (κ1) is 30.0. The van der Waals surface area contributed by atoms with Crippen LogP contribution in [0.2, 0.25) is 0 Å². The van der Waals surface area contributed by atoms with Crippen LogP contribution in [-0.2, 0) is 25.2 Å². The van der Waals surface area contributed by atoms with Gasteiger partial charge in [0.2, 0.25) is 0 Å². The Morgan fingerprint density at radius 1 is 0.800 bits per heavy atom. The van der Waals surface area contributed by atoms with Crippen LogP contribution in [0.5, 0.6) is 0 Å². The maximum absolute atomic E-state index is 10.5. The van der Waals surface area contributed by atoms with Crippen molar-refractivity contribution in [3.8, 4) is 0 Å². The van der Waals surface area contributed by atoms with Crippen molar-refractivity contribution in [3.05, 3.63) is 19.6 Å². The van der Waals surface area contributed by atoms with Gasteiger partial charge in [0.05, 0.1) is 0 Å². The molecular weight excluding hydrogens is 503 g/mol. The second-order valence-corrected chi connectivity index (χ2v) is 11.5. The number of alkyl halides is 3. The second kappa shape index (κ2) is 16.6. The number of allylic oxidation sites excluding steroid dienone is 1. The Balaban J connectivity index is 0.000000651. The SMILES string of the molecule is C1CCC(P(C2CCCCC2)C2CCCCC2)CC1.C=C[CH2-].O=C([O-])C(F)(F)F.[Pd+2]. The van der Waals surface area contributed by atoms with Gasteiger partial charge in [-0.05, 0) is 55.5 Å². The molecular formula is C23H38F3O2PPd. The molecule has 0 atom stereocenters. The minimum Gasteiger partial charge on any atom is -0.542 e. The first-order valence-electron chi connectivity index (χ1n) is 11.3. The molecule has 3 aliphatic carbocycles. The molecule has 0 heterocycles. The van der Waals surface area contributed by atoms with E-state index >= 15 is 0 Å². The van der Waals surface area contributed by atoms with Crippen LogP contribution in [-0.4, -0.2) is 29.1 Å². The van der Waals surface area contributed by atoms with E-state index in [1.54, 1.807) is 77.0 Å². The number of rotatable bonds is 3. The molecule has 3 saturated carbocycles. The minimum atomic E-state index is -5.19. The van der Waals surface area contributed by atoms with Gasteiger partial charge in [-0.15, -0.1) is 0 Å². The van der Waals surface area contributed by atoms with E-state index in [0.717, 1.165) is 0 Å². The van der Waals surface area contributed by atoms with E-state index in [1.807, 2.05) is 0 Å². The maximum Gasteiger partial charge on any atom is 2.00 e. The Bertz CT molecular complexity index is 413. The smallest absolute Gasteiger partial charge is 0.542 e. The number of hydrogen-bond acceptors (Lipinski definition) is 2. The van der Waals surface area contributed by atoms with E-state index in [-0.39, 0.29) is 20.4 Å². The Morgan fingerprint density at radius 2 is 1.00 bits per heavy atom. The molecule has 0 spiro atoms. The van der Waals surface area contributed by atoms with E-state index in [4.69, 9.17) is 9.90 Å². The molecule has 0 unspecified atom stereocenters. The van der Waals surface area contributed by atoms with Crippen molar-refractivity contribution in [1.82, 2.24) is 0 Å². The van der Waals surface area contributed by atoms with Gasteiger partial charge < -0.3 is 9.90 Å². The summed E-state index contributed by atoms with van der Waals surface area (Å²) in [5.74, 6) is -3.01. The van der Waals surface area contributed by atoms with Crippen molar-refractivity contribution in [3.63, 3.8) is 0 Å². The summed E-state index contributed by atoms with van der Waals surface area (Å²) in [6.07, 6.45) is 19.9. The van der Waals surface area contributed by atoms with Gasteiger partial charge in [-0.3, -0.25) is 0 Å². The number of halogens is 3. The fraction of sp³-hybridized carbons (Fsp3) is 0.826. The zero-order chi connectivity index (χ0) is 21.7. The van der Waals surface area contributed by atoms with Gasteiger partial charge in [0.15, 0.2) is 0 Å². The molecule has 2 nitrogen and oxygen atoms in total. The summed E-state index contributed by atoms with van der Waals surface area (Å²) in [5.41, 5.74) is 3.57. The van der Waals surface area contributed by atoms with Gasteiger partial charge in [-0.1, -0.05) is 65.7 Å². The van der Waals surface area contributed by atoms with Gasteiger partial charge >= 0.3 is 26.6 Å². The zero-order valence-electron chi connectivity index (χ0n) is 18.0. The van der Waals surface area contributed by atoms with E-state index in [2.05, 4.69) is 13.5 Å². The molecule has 30 heavy (non-hydrogen) atoms. The molecule has 178 valence electrons. The summed E-state index contributed by atoms with van der Waals surface area (Å²) in [5, 5.41) is 8.78. The average molecular weight is 541 g/mol. The summed E-state index contributed by atoms with van der Waals surface area (Å²) in [7, 11) is 0.385. The number of carbonyl (C=O) groups excluding carboxylic acids is 1. The zero-order valence-corrected chi connectivity index (χ0v) is 20.5. The van der Waals surface area contributed by atoms with Gasteiger partial charge in [-0.25, -0.2) is 19.6 Å². The third-order valence-corrected chi connectivity index (χ3v) is 10.3. The summed E-state index contributed by atoms with van der Waals surface area (Å²) in [6.45, 7) is 6.50. The van der Waals surface area contributed by atoms with Gasteiger partial charge in [0.25, 0.3) is 0 Å². The third kappa shape index (κ3) is 11.5. The Morgan fingerprint density at radius 3 is 1.17 bits per heavy atom. The second-order valence-electron chi connectivity index (χ2n) is 8.40. The molecule has 0 saturated heterocycles. The van der Waals surface area contributed by atoms with Crippen molar-refractivity contribution in [1.29, 1.82) is 0 Å². The first-order chi connectivity index (χ1) is 13.8. The van der Waals surface area contributed by atoms with E-state index in [0.29, 0.717) is 7.92 Å². The molecule has 7 heteroatoms. The quantitative estimate of drug-likeness (QED) is 0.225. The van der Waals surface area contributed by atoms with Gasteiger partial charge in [-0.2, -0.15) is 13.2 Å². The molecule has 0 aliphatic heterocycles. The Hall–Kier alpha value is -0.0377. The van der Waals surface area contributed by atoms with E-state index in [9.17, 15) is 13.2 Å². The van der Waals surface area contributed by atoms with Crippen LogP contribution in [0, 0.1) is 6.92 Å². The maximum atomic E-state index is 10.5. The summed E-state index contributed by atoms with van der Waals surface area (Å²) < 4.78 is 31.5. The fourth-order valence-electron chi connectivity index (χ4n) is 5.03. The standard InChI is InChI=1S/C18H33P.C3H5.C2HF3O2.Pd/c1-4-10-16(11-5-1)19(17-12-6-2-7-13-17)18-14-8-3-9-15-18;1-3-2;3-2(4,5)1(6)7;/h16-18H,1-15H2;3H,1-2H2;(H,6,7);/q;-1;;+2/p-1. The van der Waals surface area contributed by atoms with Crippen LogP contribution in [0.1, 0.15) is 96.3 Å². The summed E-state index contributed by atoms with van der Waals surface area (Å²) in [6, 6.07) is 0. The average Bonchev–Trinajstić information content (AvgIpc) is 2.71. The number of carbonyl (C=O) groups is 1. The number of aliphatic carboxylic acids is 1. The Labute approximate surface area is 196 Å². The van der Waals surface area contributed by atoms with Crippen LogP contribution in [0.4, 0.5) is 13.2 Å². The van der Waals surface area contributed by atoms with Crippen molar-refractivity contribution in [2.75, 3.05) is 0 Å². The molecule has 0 N–H and O–H groups in total. The molecule has 0 aromatic heterocycles. The molecule has 3 aliphatic rings. The number of hydrogen-bond donors (Lipinski definition) is 0. The number of carboxylic acids is 1. The predicted molar refractivity (Wildman–Crippen MR) is 114 cm³/mol. The molecule has 0 aromatic rings. The van der Waals surface area contributed by atoms with Gasteiger partial charge in [0.1, 0.15) is 5.97 Å². The molecule has 0 radical (unpaired) electrons. The molecule has 0 bridgehead atoms. The molecule has 3 fully saturated rings. The molecule has 0 aromatic carbocycles. The monoisotopic (exact) mass is 540 g/mol. The first-order valence-corrected chi connectivity index (χ1v) is 12.8. The molecule has 3 rings (SSSR count). The van der Waals surface area contributed by atoms with Crippen molar-refractivity contribution >= 4 is 13.9 Å². The topological polar surface area (TPSA) is 40.1 Å². The van der Waals surface area contributed by atoms with E-state index < -0.39 is 12.1 Å². The largest absolute Gasteiger partial charge is 2.00 e.